The van der Waals surface area contributed by atoms with Crippen LogP contribution in [0.25, 0.3) is 48.5 Å². The minimum Gasteiger partial charge on any atom is -0.508 e. The van der Waals surface area contributed by atoms with Crippen molar-refractivity contribution in [2.75, 3.05) is 0 Å². The molecule has 0 aliphatic rings. The fourth-order valence-electron chi connectivity index (χ4n) is 9.95. The number of carbonyl (C=O) groups excluding carboxylic acids is 6. The van der Waals surface area contributed by atoms with E-state index in [4.69, 9.17) is 25.8 Å². The normalized spacial score (nSPS) is 11.1. The lowest BCUT2D eigenvalue weighted by molar-refractivity contribution is -0.124. The molecular formula is C76H54ClFO15S3. The molecule has 3 aromatic heterocycles. The number of aryl methyl sites for hydroxylation is 4. The smallest absolute Gasteiger partial charge is 0.297 e. The molecule has 15 nitrogen and oxygen atoms in total. The summed E-state index contributed by atoms with van der Waals surface area (Å²) in [6, 6.07) is 50.9. The van der Waals surface area contributed by atoms with Gasteiger partial charge >= 0.3 is 0 Å². The SMILES string of the molecule is Cc1ccc(C(=O)c2sc3cc(O)ccc3c2Oc2ccc(/C=C/OC=O)cc2)c(C)c1.Cc1cccc(C)c1C(=O)c1sc2cc(O)ccc2c1Oc1ccc(/C=C/OC=O)cc1.O=CO/C=C/c1ccc(Oc2c(C(=O)c3ccc(F)cc3Cl)sc3cc(O)ccc23)cc1. The molecule has 0 spiro atoms. The zero-order valence-electron chi connectivity index (χ0n) is 51.2. The third kappa shape index (κ3) is 16.1. The number of ketones is 3. The van der Waals surface area contributed by atoms with Crippen LogP contribution >= 0.6 is 45.6 Å². The van der Waals surface area contributed by atoms with Gasteiger partial charge in [0.25, 0.3) is 19.4 Å². The largest absolute Gasteiger partial charge is 0.508 e. The van der Waals surface area contributed by atoms with Crippen LogP contribution in [0.2, 0.25) is 5.02 Å². The maximum Gasteiger partial charge on any atom is 0.297 e. The summed E-state index contributed by atoms with van der Waals surface area (Å²) in [6.45, 7) is 8.76. The number of ether oxygens (including phenoxy) is 6. The topological polar surface area (TPSA) is 218 Å². The second kappa shape index (κ2) is 31.0. The number of hydrogen-bond donors (Lipinski definition) is 3. The molecule has 0 amide bonds. The number of hydrogen-bond acceptors (Lipinski definition) is 18. The van der Waals surface area contributed by atoms with Gasteiger partial charge in [0, 0.05) is 46.9 Å². The van der Waals surface area contributed by atoms with E-state index in [-0.39, 0.29) is 44.3 Å². The van der Waals surface area contributed by atoms with Crippen LogP contribution < -0.4 is 14.2 Å². The number of halogens is 2. The molecule has 480 valence electrons. The van der Waals surface area contributed by atoms with Crippen molar-refractivity contribution in [3.8, 4) is 51.7 Å². The zero-order valence-corrected chi connectivity index (χ0v) is 54.4. The summed E-state index contributed by atoms with van der Waals surface area (Å²) in [4.78, 5) is 72.2. The molecule has 0 atom stereocenters. The minimum absolute atomic E-state index is 0.00469. The van der Waals surface area contributed by atoms with Crippen molar-refractivity contribution in [2.45, 2.75) is 27.7 Å². The molecule has 12 rings (SSSR count). The Balaban J connectivity index is 0.000000157. The van der Waals surface area contributed by atoms with Crippen LogP contribution in [0, 0.1) is 33.5 Å². The molecule has 0 aliphatic heterocycles. The molecule has 0 fully saturated rings. The third-order valence-electron chi connectivity index (χ3n) is 14.5. The van der Waals surface area contributed by atoms with E-state index in [1.165, 1.54) is 65.7 Å². The van der Waals surface area contributed by atoms with Crippen LogP contribution in [0.3, 0.4) is 0 Å². The van der Waals surface area contributed by atoms with Gasteiger partial charge in [-0.25, -0.2) is 4.39 Å². The lowest BCUT2D eigenvalue weighted by atomic mass is 9.98. The van der Waals surface area contributed by atoms with E-state index in [1.54, 1.807) is 109 Å². The highest BCUT2D eigenvalue weighted by molar-refractivity contribution is 7.22. The van der Waals surface area contributed by atoms with Crippen LogP contribution in [-0.2, 0) is 28.6 Å². The summed E-state index contributed by atoms with van der Waals surface area (Å²) < 4.78 is 47.7. The lowest BCUT2D eigenvalue weighted by Gasteiger charge is -2.11. The Morgan fingerprint density at radius 1 is 0.417 bits per heavy atom. The summed E-state index contributed by atoms with van der Waals surface area (Å²) >= 11 is 9.84. The van der Waals surface area contributed by atoms with Gasteiger partial charge in [-0.1, -0.05) is 90.0 Å². The molecule has 0 bridgehead atoms. The highest BCUT2D eigenvalue weighted by Crippen LogP contribution is 2.46. The number of rotatable bonds is 21. The average Bonchev–Trinajstić information content (AvgIpc) is 1.63. The van der Waals surface area contributed by atoms with Gasteiger partial charge in [0.1, 0.15) is 54.9 Å². The minimum atomic E-state index is -0.544. The number of thiophene rings is 3. The van der Waals surface area contributed by atoms with E-state index in [0.717, 1.165) is 76.5 Å². The van der Waals surface area contributed by atoms with Crippen molar-refractivity contribution in [2.24, 2.45) is 0 Å². The first-order valence-corrected chi connectivity index (χ1v) is 31.8. The van der Waals surface area contributed by atoms with E-state index in [0.29, 0.717) is 84.9 Å². The Labute approximate surface area is 565 Å². The van der Waals surface area contributed by atoms with Gasteiger partial charge in [-0.3, -0.25) is 28.8 Å². The predicted octanol–water partition coefficient (Wildman–Crippen LogP) is 19.3. The Hall–Kier alpha value is -11.5. The van der Waals surface area contributed by atoms with Gasteiger partial charge < -0.3 is 43.7 Å². The fraction of sp³-hybridized carbons (Fsp3) is 0.0526. The van der Waals surface area contributed by atoms with E-state index >= 15 is 0 Å². The Morgan fingerprint density at radius 3 is 1.15 bits per heavy atom. The molecule has 0 saturated heterocycles. The number of fused-ring (bicyclic) bond motifs is 3. The van der Waals surface area contributed by atoms with E-state index in [1.807, 2.05) is 88.4 Å². The predicted molar refractivity (Wildman–Crippen MR) is 372 cm³/mol. The second-order valence-corrected chi connectivity index (χ2v) is 24.7. The Bertz CT molecular complexity index is 4780. The van der Waals surface area contributed by atoms with Crippen LogP contribution in [0.4, 0.5) is 4.39 Å². The number of carbonyl (C=O) groups is 6. The van der Waals surface area contributed by atoms with E-state index < -0.39 is 11.6 Å². The molecule has 3 N–H and O–H groups in total. The van der Waals surface area contributed by atoms with Crippen molar-refractivity contribution < 1.29 is 76.9 Å². The first-order valence-electron chi connectivity index (χ1n) is 29.0. The number of phenolic OH excluding ortho intramolecular Hbond substituents is 3. The molecule has 9 aromatic carbocycles. The number of benzene rings is 9. The van der Waals surface area contributed by atoms with Gasteiger partial charge in [-0.05, 0) is 188 Å². The zero-order chi connectivity index (χ0) is 68.0. The molecule has 0 aliphatic carbocycles. The fourth-order valence-corrected chi connectivity index (χ4v) is 13.6. The number of phenols is 3. The van der Waals surface area contributed by atoms with Crippen molar-refractivity contribution in [3.63, 3.8) is 0 Å². The molecule has 3 heterocycles. The summed E-state index contributed by atoms with van der Waals surface area (Å²) in [6.07, 6.45) is 8.75. The number of aromatic hydroxyl groups is 3. The summed E-state index contributed by atoms with van der Waals surface area (Å²) in [5.41, 5.74) is 7.62. The maximum atomic E-state index is 13.6. The monoisotopic (exact) mass is 1360 g/mol. The summed E-state index contributed by atoms with van der Waals surface area (Å²) in [7, 11) is 0. The van der Waals surface area contributed by atoms with Crippen LogP contribution in [0.1, 0.15) is 84.6 Å². The van der Waals surface area contributed by atoms with Gasteiger partial charge in [-0.2, -0.15) is 0 Å². The van der Waals surface area contributed by atoms with Gasteiger partial charge in [-0.15, -0.1) is 34.0 Å². The second-order valence-electron chi connectivity index (χ2n) is 21.1. The maximum absolute atomic E-state index is 13.6. The van der Waals surface area contributed by atoms with Crippen LogP contribution in [0.5, 0.6) is 51.7 Å². The average molecular weight is 1360 g/mol. The highest BCUT2D eigenvalue weighted by Gasteiger charge is 2.27. The van der Waals surface area contributed by atoms with E-state index in [9.17, 15) is 48.5 Å². The van der Waals surface area contributed by atoms with E-state index in [2.05, 4.69) is 14.2 Å². The standard InChI is InChI=1S/2C26H20O5S.C24H14ClFO5S/c1-16-3-9-21(17(2)13-16)24(29)26-25(22-10-6-19(28)14-23(22)32-26)31-20-7-4-18(5-8-20)11-12-30-15-27;1-16-4-3-5-17(2)23(16)24(29)26-25(21-11-8-19(28)14-22(21)32-26)31-20-9-6-18(7-10-20)12-13-30-15-27;25-20-11-15(26)3-7-18(20)22(29)24-23(19-8-4-16(28)12-21(19)32-24)31-17-5-1-14(2-6-17)9-10-30-13-27/h2*3-15,28H,1-2H3;1-13,28H/b12-11+;13-12+;10-9+. The summed E-state index contributed by atoms with van der Waals surface area (Å²) in [5, 5.41) is 31.8. The van der Waals surface area contributed by atoms with Crippen molar-refractivity contribution in [1.29, 1.82) is 0 Å². The molecule has 20 heteroatoms. The molecular weight excluding hydrogens is 1300 g/mol. The third-order valence-corrected chi connectivity index (χ3v) is 18.2. The molecule has 0 saturated carbocycles. The summed E-state index contributed by atoms with van der Waals surface area (Å²) in [5.74, 6) is 1.93. The van der Waals surface area contributed by atoms with Crippen molar-refractivity contribution >= 4 is 131 Å². The van der Waals surface area contributed by atoms with Gasteiger partial charge in [0.15, 0.2) is 17.2 Å². The first kappa shape index (κ1) is 67.4. The quantitative estimate of drug-likeness (QED) is 0.0264. The molecule has 96 heavy (non-hydrogen) atoms. The Kier molecular flexibility index (Phi) is 21.7. The van der Waals surface area contributed by atoms with Gasteiger partial charge in [0.05, 0.1) is 23.8 Å². The highest BCUT2D eigenvalue weighted by atomic mass is 35.5. The molecule has 0 unspecified atom stereocenters. The Morgan fingerprint density at radius 2 is 0.781 bits per heavy atom. The first-order chi connectivity index (χ1) is 46.4. The van der Waals surface area contributed by atoms with Crippen molar-refractivity contribution in [1.82, 2.24) is 0 Å². The van der Waals surface area contributed by atoms with Crippen molar-refractivity contribution in [3.05, 3.63) is 282 Å². The molecule has 12 aromatic rings. The lowest BCUT2D eigenvalue weighted by Crippen LogP contribution is -2.05. The van der Waals surface area contributed by atoms with Crippen LogP contribution in [0.15, 0.2) is 201 Å². The molecule has 0 radical (unpaired) electrons. The van der Waals surface area contributed by atoms with Gasteiger partial charge in [0.2, 0.25) is 17.3 Å². The van der Waals surface area contributed by atoms with Crippen LogP contribution in [-0.4, -0.2) is 52.1 Å².